The zero-order valence-corrected chi connectivity index (χ0v) is 15.4. The van der Waals surface area contributed by atoms with Crippen LogP contribution in [0, 0.1) is 24.5 Å². The summed E-state index contributed by atoms with van der Waals surface area (Å²) in [5, 5.41) is 5.46. The van der Waals surface area contributed by atoms with E-state index in [1.165, 1.54) is 0 Å². The lowest BCUT2D eigenvalue weighted by Crippen LogP contribution is -2.27. The van der Waals surface area contributed by atoms with E-state index < -0.39 is 24.1 Å². The van der Waals surface area contributed by atoms with E-state index in [0.717, 1.165) is 12.1 Å². The maximum atomic E-state index is 13.5. The molecule has 0 aliphatic rings. The molecule has 144 valence electrons. The molecule has 0 atom stereocenters. The van der Waals surface area contributed by atoms with Gasteiger partial charge in [-0.15, -0.1) is 0 Å². The van der Waals surface area contributed by atoms with Gasteiger partial charge in [0.05, 0.1) is 0 Å². The second-order valence-corrected chi connectivity index (χ2v) is 6.55. The van der Waals surface area contributed by atoms with Gasteiger partial charge in [0.1, 0.15) is 5.82 Å². The topological polar surface area (TPSA) is 67.4 Å². The van der Waals surface area contributed by atoms with Gasteiger partial charge in [-0.2, -0.15) is 0 Å². The van der Waals surface area contributed by atoms with Crippen LogP contribution in [0.3, 0.4) is 0 Å². The average Bonchev–Trinajstić information content (AvgIpc) is 2.60. The Bertz CT molecular complexity index is 838. The number of hydrogen-bond donors (Lipinski definition) is 2. The van der Waals surface area contributed by atoms with Crippen LogP contribution in [-0.4, -0.2) is 25.0 Å². The molecule has 0 heterocycles. The Labute approximate surface area is 156 Å². The van der Waals surface area contributed by atoms with Gasteiger partial charge in [-0.3, -0.25) is 9.59 Å². The van der Waals surface area contributed by atoms with Gasteiger partial charge in [-0.25, -0.2) is 8.78 Å². The second kappa shape index (κ2) is 9.12. The van der Waals surface area contributed by atoms with Crippen LogP contribution < -0.4 is 15.4 Å². The Hall–Kier alpha value is -2.96. The molecule has 0 aliphatic heterocycles. The monoisotopic (exact) mass is 376 g/mol. The van der Waals surface area contributed by atoms with E-state index in [-0.39, 0.29) is 11.7 Å². The zero-order chi connectivity index (χ0) is 20.0. The minimum absolute atomic E-state index is 0.181. The molecule has 0 unspecified atom stereocenters. The minimum Gasteiger partial charge on any atom is -0.481 e. The number of rotatable bonds is 7. The number of aryl methyl sites for hydroxylation is 1. The van der Waals surface area contributed by atoms with E-state index in [4.69, 9.17) is 4.74 Å². The first-order valence-electron chi connectivity index (χ1n) is 8.53. The van der Waals surface area contributed by atoms with Gasteiger partial charge in [0.15, 0.2) is 18.2 Å². The molecule has 0 spiro atoms. The van der Waals surface area contributed by atoms with Crippen LogP contribution in [0.2, 0.25) is 0 Å². The first-order valence-corrected chi connectivity index (χ1v) is 8.53. The highest BCUT2D eigenvalue weighted by Gasteiger charge is 2.12. The van der Waals surface area contributed by atoms with Gasteiger partial charge in [0.25, 0.3) is 11.8 Å². The van der Waals surface area contributed by atoms with Crippen LogP contribution in [0.1, 0.15) is 29.8 Å². The van der Waals surface area contributed by atoms with E-state index in [1.54, 1.807) is 25.1 Å². The van der Waals surface area contributed by atoms with Gasteiger partial charge in [0, 0.05) is 23.9 Å². The third-order valence-corrected chi connectivity index (χ3v) is 3.69. The molecule has 5 nitrogen and oxygen atoms in total. The highest BCUT2D eigenvalue weighted by atomic mass is 19.1. The Kier molecular flexibility index (Phi) is 6.87. The van der Waals surface area contributed by atoms with Crippen molar-refractivity contribution in [2.75, 3.05) is 18.5 Å². The summed E-state index contributed by atoms with van der Waals surface area (Å²) in [6, 6.07) is 7.75. The van der Waals surface area contributed by atoms with Crippen molar-refractivity contribution in [3.8, 4) is 5.75 Å². The number of carbonyl (C=O) groups excluding carboxylic acids is 2. The van der Waals surface area contributed by atoms with Crippen LogP contribution in [0.25, 0.3) is 0 Å². The molecule has 2 aromatic rings. The fourth-order valence-corrected chi connectivity index (χ4v) is 2.27. The molecule has 0 radical (unpaired) electrons. The fraction of sp³-hybridized carbons (Fsp3) is 0.300. The first kappa shape index (κ1) is 20.4. The van der Waals surface area contributed by atoms with Crippen molar-refractivity contribution < 1.29 is 23.1 Å². The zero-order valence-electron chi connectivity index (χ0n) is 15.4. The lowest BCUT2D eigenvalue weighted by atomic mass is 10.1. The number of anilines is 1. The number of hydrogen-bond acceptors (Lipinski definition) is 3. The van der Waals surface area contributed by atoms with E-state index in [9.17, 15) is 18.4 Å². The predicted octanol–water partition coefficient (Wildman–Crippen LogP) is 3.68. The van der Waals surface area contributed by atoms with Crippen molar-refractivity contribution in [3.05, 3.63) is 59.2 Å². The lowest BCUT2D eigenvalue weighted by Gasteiger charge is -2.12. The molecule has 2 aromatic carbocycles. The quantitative estimate of drug-likeness (QED) is 0.775. The standard InChI is InChI=1S/C20H22F2N2O3/c1-12(2)10-23-20(26)14-4-6-17(13(3)8-14)24-19(25)11-27-18-7-5-15(21)9-16(18)22/h4-9,12H,10-11H2,1-3H3,(H,23,26)(H,24,25). The fourth-order valence-electron chi connectivity index (χ4n) is 2.27. The number of carbonyl (C=O) groups is 2. The molecule has 2 amide bonds. The summed E-state index contributed by atoms with van der Waals surface area (Å²) in [6.45, 7) is 5.91. The van der Waals surface area contributed by atoms with Crippen molar-refractivity contribution in [3.63, 3.8) is 0 Å². The Balaban J connectivity index is 1.94. The van der Waals surface area contributed by atoms with E-state index in [1.807, 2.05) is 13.8 Å². The largest absolute Gasteiger partial charge is 0.481 e. The number of amides is 2. The smallest absolute Gasteiger partial charge is 0.262 e. The van der Waals surface area contributed by atoms with Crippen LogP contribution in [0.4, 0.5) is 14.5 Å². The maximum absolute atomic E-state index is 13.5. The highest BCUT2D eigenvalue weighted by Crippen LogP contribution is 2.19. The molecule has 7 heteroatoms. The number of ether oxygens (including phenoxy) is 1. The molecular formula is C20H22F2N2O3. The summed E-state index contributed by atoms with van der Waals surface area (Å²) in [7, 11) is 0. The van der Waals surface area contributed by atoms with Crippen LogP contribution in [-0.2, 0) is 4.79 Å². The number of halogens is 2. The van der Waals surface area contributed by atoms with Crippen molar-refractivity contribution in [1.82, 2.24) is 5.32 Å². The summed E-state index contributed by atoms with van der Waals surface area (Å²) >= 11 is 0. The van der Waals surface area contributed by atoms with Crippen molar-refractivity contribution in [2.45, 2.75) is 20.8 Å². The summed E-state index contributed by atoms with van der Waals surface area (Å²) in [6.07, 6.45) is 0. The van der Waals surface area contributed by atoms with Crippen LogP contribution in [0.5, 0.6) is 5.75 Å². The molecule has 27 heavy (non-hydrogen) atoms. The molecule has 0 aliphatic carbocycles. The first-order chi connectivity index (χ1) is 12.8. The number of benzene rings is 2. The SMILES string of the molecule is Cc1cc(C(=O)NCC(C)C)ccc1NC(=O)COc1ccc(F)cc1F. The predicted molar refractivity (Wildman–Crippen MR) is 98.8 cm³/mol. The number of nitrogens with one attached hydrogen (secondary N) is 2. The molecule has 2 N–H and O–H groups in total. The van der Waals surface area contributed by atoms with Gasteiger partial charge in [-0.1, -0.05) is 13.8 Å². The molecule has 0 bridgehead atoms. The Morgan fingerprint density at radius 1 is 1.11 bits per heavy atom. The van der Waals surface area contributed by atoms with Crippen LogP contribution in [0.15, 0.2) is 36.4 Å². The molecular weight excluding hydrogens is 354 g/mol. The molecule has 0 fully saturated rings. The van der Waals surface area contributed by atoms with Gasteiger partial charge >= 0.3 is 0 Å². The maximum Gasteiger partial charge on any atom is 0.262 e. The summed E-state index contributed by atoms with van der Waals surface area (Å²) < 4.78 is 31.4. The molecule has 0 saturated carbocycles. The minimum atomic E-state index is -0.879. The van der Waals surface area contributed by atoms with Crippen molar-refractivity contribution in [1.29, 1.82) is 0 Å². The van der Waals surface area contributed by atoms with E-state index >= 15 is 0 Å². The van der Waals surface area contributed by atoms with E-state index in [2.05, 4.69) is 10.6 Å². The average molecular weight is 376 g/mol. The summed E-state index contributed by atoms with van der Waals surface area (Å²) in [5.41, 5.74) is 1.72. The molecule has 2 rings (SSSR count). The Morgan fingerprint density at radius 2 is 1.85 bits per heavy atom. The van der Waals surface area contributed by atoms with Crippen LogP contribution >= 0.6 is 0 Å². The van der Waals surface area contributed by atoms with Gasteiger partial charge < -0.3 is 15.4 Å². The third kappa shape index (κ3) is 6.06. The Morgan fingerprint density at radius 3 is 2.48 bits per heavy atom. The second-order valence-electron chi connectivity index (χ2n) is 6.55. The highest BCUT2D eigenvalue weighted by molar-refractivity contribution is 5.96. The van der Waals surface area contributed by atoms with E-state index in [0.29, 0.717) is 35.3 Å². The summed E-state index contributed by atoms with van der Waals surface area (Å²) in [4.78, 5) is 24.1. The molecule has 0 aromatic heterocycles. The normalized spacial score (nSPS) is 10.6. The lowest BCUT2D eigenvalue weighted by molar-refractivity contribution is -0.118. The third-order valence-electron chi connectivity index (χ3n) is 3.69. The summed E-state index contributed by atoms with van der Waals surface area (Å²) in [5.74, 6) is -2.15. The molecule has 0 saturated heterocycles. The van der Waals surface area contributed by atoms with Gasteiger partial charge in [-0.05, 0) is 48.7 Å². The van der Waals surface area contributed by atoms with Gasteiger partial charge in [0.2, 0.25) is 0 Å². The van der Waals surface area contributed by atoms with Crippen molar-refractivity contribution >= 4 is 17.5 Å². The van der Waals surface area contributed by atoms with Crippen molar-refractivity contribution in [2.24, 2.45) is 5.92 Å².